The first-order valence-electron chi connectivity index (χ1n) is 9.30. The standard InChI is InChI=1S/C19H33BN2O2/c1-16-5-7-17(8-6-16)15-22-13-9-18(10-14-22)19(2,21)11-3-4-12-20(23)24/h5-8,18,23-24H,3-4,9-15,21H2,1-2H3. The van der Waals surface area contributed by atoms with Gasteiger partial charge in [0.25, 0.3) is 0 Å². The summed E-state index contributed by atoms with van der Waals surface area (Å²) in [6.07, 6.45) is 5.52. The molecular weight excluding hydrogens is 299 g/mol. The Labute approximate surface area is 147 Å². The van der Waals surface area contributed by atoms with Crippen LogP contribution in [-0.4, -0.2) is 40.7 Å². The van der Waals surface area contributed by atoms with E-state index in [0.717, 1.165) is 51.7 Å². The van der Waals surface area contributed by atoms with Crippen LogP contribution in [0.3, 0.4) is 0 Å². The molecule has 1 heterocycles. The number of nitrogens with zero attached hydrogens (tertiary/aromatic N) is 1. The van der Waals surface area contributed by atoms with Crippen LogP contribution in [0.5, 0.6) is 0 Å². The normalized spacial score (nSPS) is 19.2. The molecule has 1 aliphatic rings. The summed E-state index contributed by atoms with van der Waals surface area (Å²) in [5.74, 6) is 0.561. The SMILES string of the molecule is Cc1ccc(CN2CCC(C(C)(N)CCCCB(O)O)CC2)cc1. The van der Waals surface area contributed by atoms with Gasteiger partial charge in [-0.3, -0.25) is 4.90 Å². The van der Waals surface area contributed by atoms with Crippen LogP contribution in [0.2, 0.25) is 6.32 Å². The van der Waals surface area contributed by atoms with Gasteiger partial charge in [0.2, 0.25) is 0 Å². The molecule has 5 heteroatoms. The fourth-order valence-corrected chi connectivity index (χ4v) is 3.74. The number of rotatable bonds is 8. The average Bonchev–Trinajstić information content (AvgIpc) is 2.54. The van der Waals surface area contributed by atoms with Gasteiger partial charge in [-0.2, -0.15) is 0 Å². The lowest BCUT2D eigenvalue weighted by molar-refractivity contribution is 0.125. The smallest absolute Gasteiger partial charge is 0.427 e. The molecule has 4 nitrogen and oxygen atoms in total. The minimum atomic E-state index is -1.18. The van der Waals surface area contributed by atoms with E-state index in [1.165, 1.54) is 11.1 Å². The Bertz CT molecular complexity index is 483. The fraction of sp³-hybridized carbons (Fsp3) is 0.684. The molecule has 0 amide bonds. The molecule has 1 aliphatic heterocycles. The van der Waals surface area contributed by atoms with Gasteiger partial charge < -0.3 is 15.8 Å². The first-order chi connectivity index (χ1) is 11.4. The summed E-state index contributed by atoms with van der Waals surface area (Å²) in [5.41, 5.74) is 9.13. The summed E-state index contributed by atoms with van der Waals surface area (Å²) in [6.45, 7) is 7.55. The van der Waals surface area contributed by atoms with E-state index >= 15 is 0 Å². The quantitative estimate of drug-likeness (QED) is 0.505. The van der Waals surface area contributed by atoms with Gasteiger partial charge >= 0.3 is 7.12 Å². The van der Waals surface area contributed by atoms with Gasteiger partial charge in [-0.1, -0.05) is 42.7 Å². The number of benzene rings is 1. The van der Waals surface area contributed by atoms with E-state index < -0.39 is 7.12 Å². The van der Waals surface area contributed by atoms with E-state index in [9.17, 15) is 0 Å². The third-order valence-corrected chi connectivity index (χ3v) is 5.47. The molecular formula is C19H33BN2O2. The number of likely N-dealkylation sites (tertiary alicyclic amines) is 1. The van der Waals surface area contributed by atoms with Gasteiger partial charge in [-0.05, 0) is 64.0 Å². The zero-order chi connectivity index (χ0) is 17.6. The van der Waals surface area contributed by atoms with Crippen molar-refractivity contribution in [1.29, 1.82) is 0 Å². The Hall–Kier alpha value is -0.875. The lowest BCUT2D eigenvalue weighted by Crippen LogP contribution is -2.49. The van der Waals surface area contributed by atoms with E-state index in [4.69, 9.17) is 15.8 Å². The molecule has 0 radical (unpaired) electrons. The van der Waals surface area contributed by atoms with E-state index in [2.05, 4.69) is 43.0 Å². The molecule has 0 saturated carbocycles. The number of piperidine rings is 1. The van der Waals surface area contributed by atoms with Crippen molar-refractivity contribution in [3.05, 3.63) is 35.4 Å². The molecule has 4 N–H and O–H groups in total. The van der Waals surface area contributed by atoms with E-state index in [1.807, 2.05) is 0 Å². The second-order valence-corrected chi connectivity index (χ2v) is 7.77. The lowest BCUT2D eigenvalue weighted by Gasteiger charge is -2.40. The molecule has 134 valence electrons. The summed E-state index contributed by atoms with van der Waals surface area (Å²) in [7, 11) is -1.18. The maximum atomic E-state index is 8.91. The molecule has 1 saturated heterocycles. The molecule has 1 fully saturated rings. The highest BCUT2D eigenvalue weighted by atomic mass is 16.4. The van der Waals surface area contributed by atoms with Gasteiger partial charge in [0.1, 0.15) is 0 Å². The summed E-state index contributed by atoms with van der Waals surface area (Å²) in [4.78, 5) is 2.53. The number of nitrogens with two attached hydrogens (primary N) is 1. The maximum absolute atomic E-state index is 8.91. The summed E-state index contributed by atoms with van der Waals surface area (Å²) in [6, 6.07) is 8.82. The summed E-state index contributed by atoms with van der Waals surface area (Å²) >= 11 is 0. The van der Waals surface area contributed by atoms with Crippen LogP contribution in [0.25, 0.3) is 0 Å². The number of hydrogen-bond donors (Lipinski definition) is 3. The maximum Gasteiger partial charge on any atom is 0.451 e. The second kappa shape index (κ2) is 9.00. The van der Waals surface area contributed by atoms with Crippen LogP contribution < -0.4 is 5.73 Å². The Morgan fingerprint density at radius 3 is 2.38 bits per heavy atom. The van der Waals surface area contributed by atoms with Crippen molar-refractivity contribution in [2.24, 2.45) is 11.7 Å². The Morgan fingerprint density at radius 1 is 1.17 bits per heavy atom. The van der Waals surface area contributed by atoms with Gasteiger partial charge in [0, 0.05) is 12.1 Å². The molecule has 1 atom stereocenters. The number of unbranched alkanes of at least 4 members (excludes halogenated alkanes) is 1. The topological polar surface area (TPSA) is 69.7 Å². The largest absolute Gasteiger partial charge is 0.451 e. The fourth-order valence-electron chi connectivity index (χ4n) is 3.74. The molecule has 0 aliphatic carbocycles. The molecule has 24 heavy (non-hydrogen) atoms. The van der Waals surface area contributed by atoms with Crippen LogP contribution in [0.1, 0.15) is 50.2 Å². The Morgan fingerprint density at radius 2 is 1.79 bits per heavy atom. The Balaban J connectivity index is 1.73. The zero-order valence-corrected chi connectivity index (χ0v) is 15.2. The highest BCUT2D eigenvalue weighted by Crippen LogP contribution is 2.31. The van der Waals surface area contributed by atoms with Gasteiger partial charge in [-0.25, -0.2) is 0 Å². The van der Waals surface area contributed by atoms with Gasteiger partial charge in [-0.15, -0.1) is 0 Å². The van der Waals surface area contributed by atoms with Crippen LogP contribution in [-0.2, 0) is 6.54 Å². The second-order valence-electron chi connectivity index (χ2n) is 7.77. The van der Waals surface area contributed by atoms with Crippen LogP contribution in [0, 0.1) is 12.8 Å². The minimum absolute atomic E-state index is 0.143. The van der Waals surface area contributed by atoms with Crippen molar-refractivity contribution < 1.29 is 10.0 Å². The van der Waals surface area contributed by atoms with Crippen molar-refractivity contribution in [2.45, 2.75) is 64.4 Å². The van der Waals surface area contributed by atoms with Crippen molar-refractivity contribution in [3.63, 3.8) is 0 Å². The van der Waals surface area contributed by atoms with Crippen molar-refractivity contribution in [3.8, 4) is 0 Å². The molecule has 1 unspecified atom stereocenters. The molecule has 2 rings (SSSR count). The van der Waals surface area contributed by atoms with Crippen LogP contribution in [0.15, 0.2) is 24.3 Å². The number of aryl methyl sites for hydroxylation is 1. The third-order valence-electron chi connectivity index (χ3n) is 5.47. The zero-order valence-electron chi connectivity index (χ0n) is 15.2. The summed E-state index contributed by atoms with van der Waals surface area (Å²) < 4.78 is 0. The highest BCUT2D eigenvalue weighted by Gasteiger charge is 2.32. The van der Waals surface area contributed by atoms with Crippen molar-refractivity contribution in [1.82, 2.24) is 4.90 Å². The molecule has 0 aromatic heterocycles. The monoisotopic (exact) mass is 332 g/mol. The highest BCUT2D eigenvalue weighted by molar-refractivity contribution is 6.40. The minimum Gasteiger partial charge on any atom is -0.427 e. The summed E-state index contributed by atoms with van der Waals surface area (Å²) in [5, 5.41) is 17.8. The van der Waals surface area contributed by atoms with E-state index in [1.54, 1.807) is 0 Å². The molecule has 1 aromatic carbocycles. The molecule has 1 aromatic rings. The predicted molar refractivity (Wildman–Crippen MR) is 101 cm³/mol. The van der Waals surface area contributed by atoms with E-state index in [0.29, 0.717) is 12.2 Å². The lowest BCUT2D eigenvalue weighted by atomic mass is 9.75. The van der Waals surface area contributed by atoms with Crippen molar-refractivity contribution >= 4 is 7.12 Å². The van der Waals surface area contributed by atoms with Crippen LogP contribution >= 0.6 is 0 Å². The first kappa shape index (κ1) is 19.4. The van der Waals surface area contributed by atoms with Crippen LogP contribution in [0.4, 0.5) is 0 Å². The first-order valence-corrected chi connectivity index (χ1v) is 9.30. The third kappa shape index (κ3) is 6.21. The average molecular weight is 332 g/mol. The van der Waals surface area contributed by atoms with Crippen molar-refractivity contribution in [2.75, 3.05) is 13.1 Å². The Kier molecular flexibility index (Phi) is 7.29. The van der Waals surface area contributed by atoms with Gasteiger partial charge in [0.15, 0.2) is 0 Å². The van der Waals surface area contributed by atoms with E-state index in [-0.39, 0.29) is 5.54 Å². The van der Waals surface area contributed by atoms with Gasteiger partial charge in [0.05, 0.1) is 0 Å². The molecule has 0 spiro atoms. The predicted octanol–water partition coefficient (Wildman–Crippen LogP) is 2.57. The number of hydrogen-bond acceptors (Lipinski definition) is 4. The molecule has 0 bridgehead atoms.